The minimum absolute atomic E-state index is 0.655. The average molecular weight is 246 g/mol. The summed E-state index contributed by atoms with van der Waals surface area (Å²) in [4.78, 5) is 0. The van der Waals surface area contributed by atoms with Crippen LogP contribution in [0.3, 0.4) is 0 Å². The molecule has 5 rings (SSSR count). The van der Waals surface area contributed by atoms with Crippen molar-refractivity contribution in [3.63, 3.8) is 0 Å². The number of hydrogen-bond donors (Lipinski definition) is 0. The van der Waals surface area contributed by atoms with Crippen molar-refractivity contribution in [1.82, 2.24) is 0 Å². The zero-order valence-electron chi connectivity index (χ0n) is 12.4. The van der Waals surface area contributed by atoms with Crippen molar-refractivity contribution in [1.29, 1.82) is 0 Å². The summed E-state index contributed by atoms with van der Waals surface area (Å²) in [6.45, 7) is 5.31. The largest absolute Gasteiger partial charge is 0.0591 e. The summed E-state index contributed by atoms with van der Waals surface area (Å²) in [5.74, 6) is 4.41. The summed E-state index contributed by atoms with van der Waals surface area (Å²) in [6, 6.07) is 0. The molecule has 2 atom stereocenters. The van der Waals surface area contributed by atoms with Crippen molar-refractivity contribution in [2.24, 2.45) is 34.5 Å². The van der Waals surface area contributed by atoms with Crippen LogP contribution in [0, 0.1) is 34.5 Å². The van der Waals surface area contributed by atoms with Crippen molar-refractivity contribution in [3.8, 4) is 0 Å². The Balaban J connectivity index is 1.72. The third kappa shape index (κ3) is 1.38. The van der Waals surface area contributed by atoms with Gasteiger partial charge in [-0.15, -0.1) is 0 Å². The van der Waals surface area contributed by atoms with E-state index in [9.17, 15) is 0 Å². The van der Waals surface area contributed by atoms with Gasteiger partial charge in [-0.25, -0.2) is 0 Å². The maximum absolute atomic E-state index is 2.66. The molecule has 0 heteroatoms. The highest BCUT2D eigenvalue weighted by atomic mass is 14.7. The summed E-state index contributed by atoms with van der Waals surface area (Å²) >= 11 is 0. The molecule has 5 aliphatic rings. The smallest absolute Gasteiger partial charge is 0.0210 e. The molecule has 0 aromatic heterocycles. The fourth-order valence-corrected chi connectivity index (χ4v) is 7.05. The van der Waals surface area contributed by atoms with Gasteiger partial charge in [-0.05, 0) is 79.4 Å². The van der Waals surface area contributed by atoms with Gasteiger partial charge in [-0.2, -0.15) is 0 Å². The van der Waals surface area contributed by atoms with Crippen molar-refractivity contribution >= 4 is 0 Å². The molecule has 0 N–H and O–H groups in total. The first-order valence-corrected chi connectivity index (χ1v) is 8.62. The molecule has 0 amide bonds. The first kappa shape index (κ1) is 11.8. The molecule has 0 aromatic rings. The highest BCUT2D eigenvalue weighted by Crippen LogP contribution is 2.71. The van der Waals surface area contributed by atoms with E-state index < -0.39 is 0 Å². The second-order valence-electron chi connectivity index (χ2n) is 8.76. The third-order valence-corrected chi connectivity index (χ3v) is 7.90. The predicted molar refractivity (Wildman–Crippen MR) is 76.3 cm³/mol. The minimum atomic E-state index is 0.655. The molecule has 0 aliphatic heterocycles. The van der Waals surface area contributed by atoms with Gasteiger partial charge in [0.25, 0.3) is 0 Å². The highest BCUT2D eigenvalue weighted by Gasteiger charge is 2.63. The molecule has 0 saturated heterocycles. The highest BCUT2D eigenvalue weighted by molar-refractivity contribution is 5.12. The van der Waals surface area contributed by atoms with Crippen LogP contribution in [0.15, 0.2) is 0 Å². The lowest BCUT2D eigenvalue weighted by atomic mass is 9.36. The number of hydrogen-bond acceptors (Lipinski definition) is 0. The van der Waals surface area contributed by atoms with E-state index in [-0.39, 0.29) is 0 Å². The quantitative estimate of drug-likeness (QED) is 0.579. The fourth-order valence-electron chi connectivity index (χ4n) is 7.05. The summed E-state index contributed by atoms with van der Waals surface area (Å²) < 4.78 is 0. The van der Waals surface area contributed by atoms with E-state index in [1.54, 1.807) is 44.9 Å². The molecule has 5 aliphatic carbocycles. The summed E-state index contributed by atoms with van der Waals surface area (Å²) in [5, 5.41) is 0. The lowest BCUT2D eigenvalue weighted by Crippen LogP contribution is -2.60. The van der Waals surface area contributed by atoms with Crippen molar-refractivity contribution in [2.75, 3.05) is 0 Å². The normalized spacial score (nSPS) is 50.7. The zero-order valence-corrected chi connectivity index (χ0v) is 12.4. The van der Waals surface area contributed by atoms with Gasteiger partial charge in [-0.1, -0.05) is 33.1 Å². The van der Waals surface area contributed by atoms with Gasteiger partial charge in [0.15, 0.2) is 0 Å². The Bertz CT molecular complexity index is 320. The van der Waals surface area contributed by atoms with Gasteiger partial charge in [-0.3, -0.25) is 0 Å². The van der Waals surface area contributed by atoms with E-state index >= 15 is 0 Å². The van der Waals surface area contributed by atoms with E-state index in [0.717, 1.165) is 29.1 Å². The van der Waals surface area contributed by atoms with Crippen LogP contribution in [0.1, 0.15) is 78.1 Å². The fraction of sp³-hybridized carbons (Fsp3) is 1.00. The lowest BCUT2D eigenvalue weighted by molar-refractivity contribution is -0.193. The Morgan fingerprint density at radius 3 is 1.94 bits per heavy atom. The van der Waals surface area contributed by atoms with Gasteiger partial charge < -0.3 is 0 Å². The van der Waals surface area contributed by atoms with Gasteiger partial charge in [0.1, 0.15) is 0 Å². The topological polar surface area (TPSA) is 0 Å². The van der Waals surface area contributed by atoms with Crippen LogP contribution in [0.4, 0.5) is 0 Å². The molecule has 5 fully saturated rings. The molecule has 4 bridgehead atoms. The predicted octanol–water partition coefficient (Wildman–Crippen LogP) is 5.42. The molecule has 2 unspecified atom stereocenters. The van der Waals surface area contributed by atoms with E-state index in [2.05, 4.69) is 13.8 Å². The summed E-state index contributed by atoms with van der Waals surface area (Å²) in [5.41, 5.74) is 1.42. The summed E-state index contributed by atoms with van der Waals surface area (Å²) in [7, 11) is 0. The Morgan fingerprint density at radius 1 is 0.722 bits per heavy atom. The molecule has 0 heterocycles. The van der Waals surface area contributed by atoms with Crippen molar-refractivity contribution < 1.29 is 0 Å². The first-order valence-electron chi connectivity index (χ1n) is 8.62. The molecule has 18 heavy (non-hydrogen) atoms. The van der Waals surface area contributed by atoms with Gasteiger partial charge in [0.2, 0.25) is 0 Å². The Kier molecular flexibility index (Phi) is 2.47. The molecular formula is C18H30. The van der Waals surface area contributed by atoms with Crippen molar-refractivity contribution in [3.05, 3.63) is 0 Å². The monoisotopic (exact) mass is 246 g/mol. The Morgan fingerprint density at radius 2 is 1.33 bits per heavy atom. The van der Waals surface area contributed by atoms with E-state index in [0.29, 0.717) is 5.41 Å². The molecule has 0 aromatic carbocycles. The first-order chi connectivity index (χ1) is 8.62. The lowest BCUT2D eigenvalue weighted by Gasteiger charge is -2.69. The standard InChI is InChI=1S/C18H30/c1-17(2)16-9-13-8-14(10-16)12-18(17,11-13)15-6-4-3-5-7-15/h13-16H,3-12H2,1-2H3. The van der Waals surface area contributed by atoms with E-state index in [1.807, 2.05) is 0 Å². The van der Waals surface area contributed by atoms with Gasteiger partial charge in [0, 0.05) is 0 Å². The van der Waals surface area contributed by atoms with Crippen LogP contribution < -0.4 is 0 Å². The Hall–Kier alpha value is 0. The maximum atomic E-state index is 2.66. The molecule has 102 valence electrons. The van der Waals surface area contributed by atoms with Crippen LogP contribution in [-0.2, 0) is 0 Å². The van der Waals surface area contributed by atoms with Crippen LogP contribution in [0.25, 0.3) is 0 Å². The second kappa shape index (κ2) is 3.76. The number of rotatable bonds is 1. The summed E-state index contributed by atoms with van der Waals surface area (Å²) in [6.07, 6.45) is 15.7. The minimum Gasteiger partial charge on any atom is -0.0591 e. The molecule has 0 spiro atoms. The average Bonchev–Trinajstić information content (AvgIpc) is 2.36. The van der Waals surface area contributed by atoms with Gasteiger partial charge >= 0.3 is 0 Å². The van der Waals surface area contributed by atoms with Gasteiger partial charge in [0.05, 0.1) is 0 Å². The third-order valence-electron chi connectivity index (χ3n) is 7.90. The molecule has 0 radical (unpaired) electrons. The van der Waals surface area contributed by atoms with Crippen LogP contribution >= 0.6 is 0 Å². The SMILES string of the molecule is CC1(C)C2CC3CC(C2)CC1(C1CCCCC1)C3. The van der Waals surface area contributed by atoms with Crippen LogP contribution in [-0.4, -0.2) is 0 Å². The Labute approximate surface area is 113 Å². The molecule has 0 nitrogen and oxygen atoms in total. The second-order valence-corrected chi connectivity index (χ2v) is 8.76. The maximum Gasteiger partial charge on any atom is -0.0210 e. The van der Waals surface area contributed by atoms with Crippen LogP contribution in [0.2, 0.25) is 0 Å². The molecule has 5 saturated carbocycles. The molecular weight excluding hydrogens is 216 g/mol. The van der Waals surface area contributed by atoms with Crippen molar-refractivity contribution in [2.45, 2.75) is 78.1 Å². The van der Waals surface area contributed by atoms with E-state index in [4.69, 9.17) is 0 Å². The zero-order chi connectivity index (χ0) is 12.4. The van der Waals surface area contributed by atoms with E-state index in [1.165, 1.54) is 19.3 Å². The van der Waals surface area contributed by atoms with Crippen LogP contribution in [0.5, 0.6) is 0 Å².